The van der Waals surface area contributed by atoms with Crippen molar-refractivity contribution in [3.63, 3.8) is 0 Å². The number of carbonyl (C=O) groups excluding carboxylic acids is 2. The summed E-state index contributed by atoms with van der Waals surface area (Å²) in [5, 5.41) is 7.09. The quantitative estimate of drug-likeness (QED) is 0.409. The number of aromatic nitrogens is 2. The normalized spacial score (nSPS) is 15.5. The van der Waals surface area contributed by atoms with Crippen molar-refractivity contribution < 1.29 is 14.3 Å². The maximum absolute atomic E-state index is 13.0. The van der Waals surface area contributed by atoms with Gasteiger partial charge in [0.1, 0.15) is 0 Å². The van der Waals surface area contributed by atoms with Crippen molar-refractivity contribution >= 4 is 55.8 Å². The molecule has 5 rings (SSSR count). The first kappa shape index (κ1) is 22.9. The van der Waals surface area contributed by atoms with Crippen LogP contribution in [-0.4, -0.2) is 59.2 Å². The molecule has 1 atom stereocenters. The molecule has 0 aliphatic carbocycles. The number of amides is 2. The van der Waals surface area contributed by atoms with Gasteiger partial charge < -0.3 is 20.3 Å². The lowest BCUT2D eigenvalue weighted by atomic mass is 10.2. The molecular weight excluding hydrogens is 462 g/mol. The Morgan fingerprint density at radius 2 is 2.14 bits per heavy atom. The van der Waals surface area contributed by atoms with E-state index in [1.165, 1.54) is 11.3 Å². The highest BCUT2D eigenvalue weighted by Gasteiger charge is 2.28. The highest BCUT2D eigenvalue weighted by Crippen LogP contribution is 2.34. The lowest BCUT2D eigenvalue weighted by Crippen LogP contribution is -2.29. The third-order valence-electron chi connectivity index (χ3n) is 6.20. The molecule has 1 aliphatic rings. The molecule has 0 saturated carbocycles. The number of nitrogens with one attached hydrogen (secondary N) is 2. The minimum absolute atomic E-state index is 0.0137. The van der Waals surface area contributed by atoms with Gasteiger partial charge in [0.05, 0.1) is 38.9 Å². The second kappa shape index (κ2) is 9.41. The van der Waals surface area contributed by atoms with Crippen LogP contribution in [0.15, 0.2) is 42.6 Å². The summed E-state index contributed by atoms with van der Waals surface area (Å²) in [6.07, 6.45) is 7.95. The van der Waals surface area contributed by atoms with E-state index in [2.05, 4.69) is 21.5 Å². The van der Waals surface area contributed by atoms with Gasteiger partial charge in [0, 0.05) is 43.2 Å². The van der Waals surface area contributed by atoms with Crippen LogP contribution in [0.2, 0.25) is 0 Å². The van der Waals surface area contributed by atoms with Crippen molar-refractivity contribution in [3.8, 4) is 12.3 Å². The number of likely N-dealkylation sites (tertiary alicyclic amines) is 1. The Kier molecular flexibility index (Phi) is 6.16. The Hall–Kier alpha value is -3.87. The van der Waals surface area contributed by atoms with Crippen LogP contribution in [0.1, 0.15) is 21.8 Å². The molecule has 9 heteroatoms. The van der Waals surface area contributed by atoms with E-state index in [4.69, 9.17) is 11.2 Å². The van der Waals surface area contributed by atoms with Gasteiger partial charge in [0.25, 0.3) is 5.91 Å². The zero-order valence-electron chi connectivity index (χ0n) is 19.5. The number of aryl methyl sites for hydroxylation is 1. The van der Waals surface area contributed by atoms with Gasteiger partial charge in [-0.15, -0.1) is 17.8 Å². The van der Waals surface area contributed by atoms with Gasteiger partial charge in [-0.2, -0.15) is 0 Å². The van der Waals surface area contributed by atoms with Gasteiger partial charge in [0.2, 0.25) is 0 Å². The molecule has 35 heavy (non-hydrogen) atoms. The van der Waals surface area contributed by atoms with Crippen molar-refractivity contribution in [2.75, 3.05) is 32.1 Å². The average molecular weight is 488 g/mol. The first-order valence-electron chi connectivity index (χ1n) is 11.3. The number of nitrogens with zero attached hydrogens (tertiary/aromatic N) is 3. The van der Waals surface area contributed by atoms with Crippen LogP contribution in [0.5, 0.6) is 0 Å². The number of ether oxygens (including phenoxy) is 1. The number of benzene rings is 1. The van der Waals surface area contributed by atoms with E-state index in [9.17, 15) is 9.59 Å². The fraction of sp³-hybridized carbons (Fsp3) is 0.269. The second-order valence-corrected chi connectivity index (χ2v) is 9.52. The predicted octanol–water partition coefficient (Wildman–Crippen LogP) is 4.35. The van der Waals surface area contributed by atoms with Crippen molar-refractivity contribution in [1.82, 2.24) is 19.8 Å². The molecule has 4 heterocycles. The zero-order chi connectivity index (χ0) is 24.5. The van der Waals surface area contributed by atoms with E-state index in [0.717, 1.165) is 44.6 Å². The Bertz CT molecular complexity index is 1480. The first-order chi connectivity index (χ1) is 17.0. The molecule has 1 fully saturated rings. The molecular formula is C26H25N5O3S. The number of thiophene rings is 1. The third kappa shape index (κ3) is 4.34. The van der Waals surface area contributed by atoms with Crippen LogP contribution < -0.4 is 10.6 Å². The molecule has 0 unspecified atom stereocenters. The summed E-state index contributed by atoms with van der Waals surface area (Å²) < 4.78 is 7.93. The SMILES string of the molecule is C#CCNC(=O)n1c(C)cc2cc(Nc3ccnc4cc(C(=O)N5CC[C@H](OC)C5)sc34)ccc21. The number of anilines is 2. The van der Waals surface area contributed by atoms with Gasteiger partial charge in [0.15, 0.2) is 0 Å². The van der Waals surface area contributed by atoms with Crippen LogP contribution in [0.4, 0.5) is 16.2 Å². The molecule has 0 bridgehead atoms. The number of carbonyl (C=O) groups is 2. The van der Waals surface area contributed by atoms with Crippen molar-refractivity contribution in [2.45, 2.75) is 19.4 Å². The van der Waals surface area contributed by atoms with Gasteiger partial charge >= 0.3 is 6.03 Å². The summed E-state index contributed by atoms with van der Waals surface area (Å²) in [5.74, 6) is 2.43. The number of rotatable bonds is 5. The number of methoxy groups -OCH3 is 1. The third-order valence-corrected chi connectivity index (χ3v) is 7.34. The van der Waals surface area contributed by atoms with Crippen molar-refractivity contribution in [3.05, 3.63) is 53.2 Å². The molecule has 8 nitrogen and oxygen atoms in total. The van der Waals surface area contributed by atoms with E-state index in [0.29, 0.717) is 18.0 Å². The fourth-order valence-corrected chi connectivity index (χ4v) is 5.52. The van der Waals surface area contributed by atoms with E-state index >= 15 is 0 Å². The number of terminal acetylenes is 1. The number of hydrogen-bond donors (Lipinski definition) is 2. The summed E-state index contributed by atoms with van der Waals surface area (Å²) >= 11 is 1.44. The van der Waals surface area contributed by atoms with E-state index < -0.39 is 0 Å². The molecule has 0 spiro atoms. The van der Waals surface area contributed by atoms with Gasteiger partial charge in [-0.1, -0.05) is 5.92 Å². The molecule has 4 aromatic rings. The van der Waals surface area contributed by atoms with Crippen LogP contribution in [0, 0.1) is 19.3 Å². The Balaban J connectivity index is 1.41. The second-order valence-electron chi connectivity index (χ2n) is 8.46. The average Bonchev–Trinajstić information content (AvgIpc) is 3.58. The van der Waals surface area contributed by atoms with E-state index in [-0.39, 0.29) is 24.6 Å². The molecule has 3 aromatic heterocycles. The molecule has 1 saturated heterocycles. The topological polar surface area (TPSA) is 88.5 Å². The molecule has 1 aromatic carbocycles. The Morgan fingerprint density at radius 1 is 1.29 bits per heavy atom. The number of hydrogen-bond acceptors (Lipinski definition) is 6. The predicted molar refractivity (Wildman–Crippen MR) is 139 cm³/mol. The van der Waals surface area contributed by atoms with Crippen LogP contribution >= 0.6 is 11.3 Å². The van der Waals surface area contributed by atoms with Crippen LogP contribution in [-0.2, 0) is 4.74 Å². The summed E-state index contributed by atoms with van der Waals surface area (Å²) in [4.78, 5) is 32.5. The maximum atomic E-state index is 13.0. The maximum Gasteiger partial charge on any atom is 0.327 e. The lowest BCUT2D eigenvalue weighted by Gasteiger charge is -2.14. The lowest BCUT2D eigenvalue weighted by molar-refractivity contribution is 0.0728. The van der Waals surface area contributed by atoms with Gasteiger partial charge in [-0.05, 0) is 49.7 Å². The van der Waals surface area contributed by atoms with E-state index in [1.54, 1.807) is 17.9 Å². The monoisotopic (exact) mass is 487 g/mol. The standard InChI is InChI=1S/C26H25N5O3S/c1-4-9-28-26(33)31-16(2)12-17-13-18(5-6-22(17)31)29-20-7-10-27-21-14-23(35-24(20)21)25(32)30-11-8-19(15-30)34-3/h1,5-7,10,12-14,19H,8-9,11,15H2,2-3H3,(H,27,29)(H,28,33)/t19-/m0/s1. The van der Waals surface area contributed by atoms with Crippen molar-refractivity contribution in [1.29, 1.82) is 0 Å². The van der Waals surface area contributed by atoms with Gasteiger partial charge in [-0.3, -0.25) is 14.3 Å². The smallest absolute Gasteiger partial charge is 0.327 e. The minimum Gasteiger partial charge on any atom is -0.380 e. The largest absolute Gasteiger partial charge is 0.380 e. The zero-order valence-corrected chi connectivity index (χ0v) is 20.3. The molecule has 178 valence electrons. The molecule has 1 aliphatic heterocycles. The Morgan fingerprint density at radius 3 is 2.91 bits per heavy atom. The summed E-state index contributed by atoms with van der Waals surface area (Å²) in [5.41, 5.74) is 4.13. The Labute approximate surface area is 206 Å². The summed E-state index contributed by atoms with van der Waals surface area (Å²) in [7, 11) is 1.68. The highest BCUT2D eigenvalue weighted by molar-refractivity contribution is 7.21. The molecule has 2 N–H and O–H groups in total. The van der Waals surface area contributed by atoms with Crippen LogP contribution in [0.3, 0.4) is 0 Å². The number of fused-ring (bicyclic) bond motifs is 2. The van der Waals surface area contributed by atoms with Gasteiger partial charge in [-0.25, -0.2) is 4.79 Å². The van der Waals surface area contributed by atoms with Crippen LogP contribution in [0.25, 0.3) is 21.1 Å². The highest BCUT2D eigenvalue weighted by atomic mass is 32.1. The van der Waals surface area contributed by atoms with E-state index in [1.807, 2.05) is 48.2 Å². The molecule has 0 radical (unpaired) electrons. The minimum atomic E-state index is -0.252. The first-order valence-corrected chi connectivity index (χ1v) is 12.1. The summed E-state index contributed by atoms with van der Waals surface area (Å²) in [6, 6.07) is 11.3. The number of pyridine rings is 1. The molecule has 2 amide bonds. The summed E-state index contributed by atoms with van der Waals surface area (Å²) in [6.45, 7) is 3.37. The fourth-order valence-electron chi connectivity index (χ4n) is 4.46. The van der Waals surface area contributed by atoms with Crippen molar-refractivity contribution in [2.24, 2.45) is 0 Å².